The number of ether oxygens (including phenoxy) is 1. The molecule has 4 heteroatoms. The van der Waals surface area contributed by atoms with Crippen molar-refractivity contribution in [3.63, 3.8) is 0 Å². The molecule has 0 aliphatic rings. The van der Waals surface area contributed by atoms with Crippen LogP contribution in [0, 0.1) is 0 Å². The number of halogens is 1. The summed E-state index contributed by atoms with van der Waals surface area (Å²) in [5.41, 5.74) is 0. The lowest BCUT2D eigenvalue weighted by atomic mass is 10.5. The van der Waals surface area contributed by atoms with E-state index in [2.05, 4.69) is 4.74 Å². The van der Waals surface area contributed by atoms with Crippen molar-refractivity contribution in [2.45, 2.75) is 6.92 Å². The molecule has 0 N–H and O–H groups in total. The van der Waals surface area contributed by atoms with Crippen molar-refractivity contribution in [2.75, 3.05) is 6.61 Å². The number of rotatable bonds is 2. The summed E-state index contributed by atoms with van der Waals surface area (Å²) in [6.45, 7) is 2.13. The first kappa shape index (κ1) is 10.0. The standard InChI is InChI=1S/C7H8O3.ClH/c1-2-9-7(8)6-4-3-5-10-6;/h3-5H,2H2,1H3;1H. The fourth-order valence-corrected chi connectivity index (χ4v) is 0.597. The van der Waals surface area contributed by atoms with E-state index in [1.54, 1.807) is 19.1 Å². The maximum absolute atomic E-state index is 10.8. The molecule has 0 aliphatic heterocycles. The van der Waals surface area contributed by atoms with Crippen LogP contribution in [0.4, 0.5) is 0 Å². The van der Waals surface area contributed by atoms with Crippen molar-refractivity contribution in [3.8, 4) is 0 Å². The summed E-state index contributed by atoms with van der Waals surface area (Å²) in [5.74, 6) is -0.158. The molecule has 0 atom stereocenters. The van der Waals surface area contributed by atoms with Crippen LogP contribution >= 0.6 is 12.4 Å². The third-order valence-electron chi connectivity index (χ3n) is 0.998. The van der Waals surface area contributed by atoms with Gasteiger partial charge in [0.25, 0.3) is 0 Å². The van der Waals surface area contributed by atoms with Crippen LogP contribution in [-0.4, -0.2) is 12.6 Å². The topological polar surface area (TPSA) is 39.4 Å². The first-order valence-corrected chi connectivity index (χ1v) is 3.05. The number of hydrogen-bond donors (Lipinski definition) is 0. The second-order valence-electron chi connectivity index (χ2n) is 1.70. The third-order valence-corrected chi connectivity index (χ3v) is 0.998. The highest BCUT2D eigenvalue weighted by Crippen LogP contribution is 2.01. The monoisotopic (exact) mass is 176 g/mol. The number of carbonyl (C=O) groups excluding carboxylic acids is 1. The zero-order valence-electron chi connectivity index (χ0n) is 6.07. The van der Waals surface area contributed by atoms with Crippen LogP contribution in [0.15, 0.2) is 22.8 Å². The van der Waals surface area contributed by atoms with Crippen molar-refractivity contribution < 1.29 is 13.9 Å². The van der Waals surface area contributed by atoms with Crippen LogP contribution in [0.25, 0.3) is 0 Å². The fourth-order valence-electron chi connectivity index (χ4n) is 0.597. The molecule has 0 saturated heterocycles. The van der Waals surface area contributed by atoms with Gasteiger partial charge in [0.05, 0.1) is 12.9 Å². The highest BCUT2D eigenvalue weighted by molar-refractivity contribution is 5.86. The van der Waals surface area contributed by atoms with Crippen molar-refractivity contribution >= 4 is 18.4 Å². The molecule has 0 bridgehead atoms. The van der Waals surface area contributed by atoms with Crippen molar-refractivity contribution in [3.05, 3.63) is 24.2 Å². The van der Waals surface area contributed by atoms with Crippen LogP contribution in [0.2, 0.25) is 0 Å². The van der Waals surface area contributed by atoms with Gasteiger partial charge in [0, 0.05) is 0 Å². The van der Waals surface area contributed by atoms with E-state index >= 15 is 0 Å². The first-order valence-electron chi connectivity index (χ1n) is 3.05. The highest BCUT2D eigenvalue weighted by atomic mass is 35.5. The minimum absolute atomic E-state index is 0. The Morgan fingerprint density at radius 3 is 2.91 bits per heavy atom. The number of esters is 1. The van der Waals surface area contributed by atoms with E-state index in [9.17, 15) is 4.79 Å². The molecule has 0 aliphatic carbocycles. The number of furan rings is 1. The molecule has 1 aromatic rings. The predicted molar refractivity (Wildman–Crippen MR) is 41.9 cm³/mol. The van der Waals surface area contributed by atoms with Gasteiger partial charge >= 0.3 is 5.97 Å². The molecule has 1 rings (SSSR count). The van der Waals surface area contributed by atoms with E-state index in [4.69, 9.17) is 4.42 Å². The lowest BCUT2D eigenvalue weighted by Gasteiger charge is -1.95. The van der Waals surface area contributed by atoms with E-state index < -0.39 is 5.97 Å². The fraction of sp³-hybridized carbons (Fsp3) is 0.286. The van der Waals surface area contributed by atoms with E-state index in [1.807, 2.05) is 0 Å². The molecule has 0 fully saturated rings. The quantitative estimate of drug-likeness (QED) is 0.646. The zero-order valence-corrected chi connectivity index (χ0v) is 6.89. The van der Waals surface area contributed by atoms with Crippen LogP contribution in [0.5, 0.6) is 0 Å². The Labute approximate surface area is 70.7 Å². The molecule has 0 unspecified atom stereocenters. The molecule has 0 aromatic carbocycles. The summed E-state index contributed by atoms with van der Waals surface area (Å²) in [5, 5.41) is 0. The van der Waals surface area contributed by atoms with Crippen LogP contribution in [0.1, 0.15) is 17.5 Å². The maximum Gasteiger partial charge on any atom is 0.374 e. The van der Waals surface area contributed by atoms with Gasteiger partial charge in [-0.05, 0) is 19.1 Å². The summed E-state index contributed by atoms with van der Waals surface area (Å²) >= 11 is 0. The molecule has 1 heterocycles. The van der Waals surface area contributed by atoms with Crippen LogP contribution in [0.3, 0.4) is 0 Å². The summed E-state index contributed by atoms with van der Waals surface area (Å²) in [4.78, 5) is 10.8. The molecule has 3 nitrogen and oxygen atoms in total. The second kappa shape index (κ2) is 4.79. The van der Waals surface area contributed by atoms with Gasteiger partial charge in [-0.15, -0.1) is 12.4 Å². The molecule has 0 amide bonds. The average Bonchev–Trinajstić information content (AvgIpc) is 2.38. The van der Waals surface area contributed by atoms with Crippen molar-refractivity contribution in [1.29, 1.82) is 0 Å². The Balaban J connectivity index is 0.000001000. The minimum atomic E-state index is -0.410. The maximum atomic E-state index is 10.8. The molecule has 0 radical (unpaired) electrons. The molecule has 0 saturated carbocycles. The highest BCUT2D eigenvalue weighted by Gasteiger charge is 2.07. The Bertz CT molecular complexity index is 205. The molecular formula is C7H9ClO3. The lowest BCUT2D eigenvalue weighted by molar-refractivity contribution is 0.0490. The van der Waals surface area contributed by atoms with Crippen molar-refractivity contribution in [2.24, 2.45) is 0 Å². The molecule has 0 spiro atoms. The van der Waals surface area contributed by atoms with Crippen LogP contribution < -0.4 is 0 Å². The van der Waals surface area contributed by atoms with Crippen LogP contribution in [-0.2, 0) is 4.74 Å². The molecule has 62 valence electrons. The molecule has 1 aromatic heterocycles. The van der Waals surface area contributed by atoms with Gasteiger partial charge in [-0.1, -0.05) is 0 Å². The average molecular weight is 177 g/mol. The smallest absolute Gasteiger partial charge is 0.374 e. The first-order chi connectivity index (χ1) is 4.84. The Kier molecular flexibility index (Phi) is 4.38. The second-order valence-corrected chi connectivity index (χ2v) is 1.70. The molecular weight excluding hydrogens is 168 g/mol. The van der Waals surface area contributed by atoms with Gasteiger partial charge in [-0.3, -0.25) is 0 Å². The zero-order chi connectivity index (χ0) is 7.40. The van der Waals surface area contributed by atoms with Gasteiger partial charge in [-0.25, -0.2) is 4.79 Å². The van der Waals surface area contributed by atoms with Gasteiger partial charge in [0.15, 0.2) is 0 Å². The van der Waals surface area contributed by atoms with E-state index in [1.165, 1.54) is 6.26 Å². The Hall–Kier alpha value is -0.960. The minimum Gasteiger partial charge on any atom is -0.460 e. The number of carbonyl (C=O) groups is 1. The van der Waals surface area contributed by atoms with E-state index in [-0.39, 0.29) is 18.2 Å². The summed E-state index contributed by atoms with van der Waals surface area (Å²) in [6, 6.07) is 3.21. The van der Waals surface area contributed by atoms with E-state index in [0.717, 1.165) is 0 Å². The largest absolute Gasteiger partial charge is 0.460 e. The molecule has 11 heavy (non-hydrogen) atoms. The van der Waals surface area contributed by atoms with Gasteiger partial charge in [0.1, 0.15) is 0 Å². The predicted octanol–water partition coefficient (Wildman–Crippen LogP) is 1.88. The normalized spacial score (nSPS) is 8.45. The third kappa shape index (κ3) is 2.63. The Morgan fingerprint density at radius 1 is 1.73 bits per heavy atom. The van der Waals surface area contributed by atoms with Gasteiger partial charge in [-0.2, -0.15) is 0 Å². The lowest BCUT2D eigenvalue weighted by Crippen LogP contribution is -2.02. The Morgan fingerprint density at radius 2 is 2.45 bits per heavy atom. The summed E-state index contributed by atoms with van der Waals surface area (Å²) in [7, 11) is 0. The summed E-state index contributed by atoms with van der Waals surface area (Å²) < 4.78 is 9.43. The number of hydrogen-bond acceptors (Lipinski definition) is 3. The van der Waals surface area contributed by atoms with Gasteiger partial charge in [0.2, 0.25) is 5.76 Å². The van der Waals surface area contributed by atoms with E-state index in [0.29, 0.717) is 6.61 Å². The summed E-state index contributed by atoms with van der Waals surface area (Å²) in [6.07, 6.45) is 1.44. The van der Waals surface area contributed by atoms with Crippen molar-refractivity contribution in [1.82, 2.24) is 0 Å². The van der Waals surface area contributed by atoms with Gasteiger partial charge < -0.3 is 9.15 Å². The SMILES string of the molecule is CCOC(=O)c1ccco1.Cl.